The van der Waals surface area contributed by atoms with Gasteiger partial charge in [0.2, 0.25) is 11.9 Å². The summed E-state index contributed by atoms with van der Waals surface area (Å²) >= 11 is 0. The fraction of sp³-hybridized carbons (Fsp3) is 0.583. The predicted molar refractivity (Wildman–Crippen MR) is 72.7 cm³/mol. The van der Waals surface area contributed by atoms with Crippen LogP contribution in [0.5, 0.6) is 0 Å². The zero-order valence-electron chi connectivity index (χ0n) is 11.6. The van der Waals surface area contributed by atoms with Crippen LogP contribution in [0.25, 0.3) is 0 Å². The van der Waals surface area contributed by atoms with Gasteiger partial charge in [0.15, 0.2) is 0 Å². The number of carbonyl (C=O) groups excluding carboxylic acids is 1. The van der Waals surface area contributed by atoms with Crippen molar-refractivity contribution in [2.24, 2.45) is 0 Å². The van der Waals surface area contributed by atoms with E-state index in [0.717, 1.165) is 0 Å². The van der Waals surface area contributed by atoms with Crippen molar-refractivity contribution in [3.8, 4) is 0 Å². The van der Waals surface area contributed by atoms with Crippen LogP contribution in [0.3, 0.4) is 0 Å². The Labute approximate surface area is 108 Å². The second kappa shape index (κ2) is 5.66. The lowest BCUT2D eigenvalue weighted by Gasteiger charge is -2.20. The number of hydrogen-bond donors (Lipinski definition) is 2. The van der Waals surface area contributed by atoms with Gasteiger partial charge < -0.3 is 15.5 Å². The first kappa shape index (κ1) is 14.2. The van der Waals surface area contributed by atoms with Crippen LogP contribution in [0.4, 0.5) is 11.8 Å². The summed E-state index contributed by atoms with van der Waals surface area (Å²) in [5, 5.41) is 5.84. The molecule has 0 atom stereocenters. The summed E-state index contributed by atoms with van der Waals surface area (Å²) < 4.78 is 0. The van der Waals surface area contributed by atoms with Gasteiger partial charge in [0.1, 0.15) is 5.82 Å². The minimum Gasteiger partial charge on any atom is -0.361 e. The normalized spacial score (nSPS) is 10.9. The first-order chi connectivity index (χ1) is 8.28. The molecule has 0 aliphatic heterocycles. The number of anilines is 2. The van der Waals surface area contributed by atoms with Gasteiger partial charge in [-0.1, -0.05) is 0 Å². The molecule has 0 fully saturated rings. The van der Waals surface area contributed by atoms with Crippen LogP contribution in [0.15, 0.2) is 12.3 Å². The van der Waals surface area contributed by atoms with Crippen LogP contribution in [0.2, 0.25) is 0 Å². The van der Waals surface area contributed by atoms with Crippen molar-refractivity contribution in [3.05, 3.63) is 12.3 Å². The van der Waals surface area contributed by atoms with Gasteiger partial charge in [-0.3, -0.25) is 4.79 Å². The Balaban J connectivity index is 2.53. The average Bonchev–Trinajstić information content (AvgIpc) is 2.24. The lowest BCUT2D eigenvalue weighted by Crippen LogP contribution is -2.43. The second-order valence-electron chi connectivity index (χ2n) is 5.29. The molecule has 0 aliphatic rings. The third-order valence-corrected chi connectivity index (χ3v) is 1.99. The summed E-state index contributed by atoms with van der Waals surface area (Å²) in [4.78, 5) is 21.8. The molecule has 1 rings (SSSR count). The molecule has 0 spiro atoms. The van der Waals surface area contributed by atoms with E-state index in [9.17, 15) is 4.79 Å². The number of aromatic nitrogens is 2. The topological polar surface area (TPSA) is 70.2 Å². The molecular formula is C12H21N5O. The Kier molecular flexibility index (Phi) is 4.47. The van der Waals surface area contributed by atoms with Crippen molar-refractivity contribution < 1.29 is 4.79 Å². The highest BCUT2D eigenvalue weighted by Crippen LogP contribution is 2.07. The van der Waals surface area contributed by atoms with Gasteiger partial charge in [-0.15, -0.1) is 0 Å². The SMILES string of the molecule is CN(C)c1nccc(NCC(=O)NC(C)(C)C)n1. The molecule has 100 valence electrons. The Bertz CT molecular complexity index is 411. The Hall–Kier alpha value is -1.85. The van der Waals surface area contributed by atoms with E-state index in [1.54, 1.807) is 17.2 Å². The number of hydrogen-bond acceptors (Lipinski definition) is 5. The highest BCUT2D eigenvalue weighted by molar-refractivity contribution is 5.81. The molecule has 18 heavy (non-hydrogen) atoms. The van der Waals surface area contributed by atoms with Crippen LogP contribution in [-0.4, -0.2) is 42.1 Å². The highest BCUT2D eigenvalue weighted by atomic mass is 16.2. The Morgan fingerprint density at radius 2 is 2.06 bits per heavy atom. The fourth-order valence-electron chi connectivity index (χ4n) is 1.30. The number of carbonyl (C=O) groups is 1. The van der Waals surface area contributed by atoms with Crippen LogP contribution in [0, 0.1) is 0 Å². The molecule has 0 aliphatic carbocycles. The summed E-state index contributed by atoms with van der Waals surface area (Å²) in [6.45, 7) is 6.03. The third kappa shape index (κ3) is 4.99. The number of amides is 1. The molecule has 0 bridgehead atoms. The summed E-state index contributed by atoms with van der Waals surface area (Å²) in [6, 6.07) is 1.73. The van der Waals surface area contributed by atoms with E-state index in [1.807, 2.05) is 34.9 Å². The number of nitrogens with one attached hydrogen (secondary N) is 2. The maximum absolute atomic E-state index is 11.6. The molecule has 1 heterocycles. The van der Waals surface area contributed by atoms with E-state index in [4.69, 9.17) is 0 Å². The maximum Gasteiger partial charge on any atom is 0.239 e. The fourth-order valence-corrected chi connectivity index (χ4v) is 1.30. The number of nitrogens with zero attached hydrogens (tertiary/aromatic N) is 3. The van der Waals surface area contributed by atoms with E-state index in [-0.39, 0.29) is 18.0 Å². The van der Waals surface area contributed by atoms with Crippen LogP contribution >= 0.6 is 0 Å². The van der Waals surface area contributed by atoms with Gasteiger partial charge >= 0.3 is 0 Å². The van der Waals surface area contributed by atoms with Crippen LogP contribution < -0.4 is 15.5 Å². The second-order valence-corrected chi connectivity index (χ2v) is 5.29. The van der Waals surface area contributed by atoms with Gasteiger partial charge in [-0.2, -0.15) is 4.98 Å². The lowest BCUT2D eigenvalue weighted by atomic mass is 10.1. The van der Waals surface area contributed by atoms with Crippen molar-refractivity contribution in [3.63, 3.8) is 0 Å². The van der Waals surface area contributed by atoms with Crippen molar-refractivity contribution >= 4 is 17.7 Å². The van der Waals surface area contributed by atoms with Gasteiger partial charge in [0.25, 0.3) is 0 Å². The smallest absolute Gasteiger partial charge is 0.239 e. The molecule has 1 aromatic heterocycles. The van der Waals surface area contributed by atoms with Gasteiger partial charge in [-0.05, 0) is 26.8 Å². The molecular weight excluding hydrogens is 230 g/mol. The highest BCUT2D eigenvalue weighted by Gasteiger charge is 2.13. The summed E-state index contributed by atoms with van der Waals surface area (Å²) in [5.41, 5.74) is -0.223. The van der Waals surface area contributed by atoms with Crippen molar-refractivity contribution in [2.45, 2.75) is 26.3 Å². The van der Waals surface area contributed by atoms with E-state index in [1.165, 1.54) is 0 Å². The number of rotatable bonds is 4. The third-order valence-electron chi connectivity index (χ3n) is 1.99. The quantitative estimate of drug-likeness (QED) is 0.831. The molecule has 6 nitrogen and oxygen atoms in total. The molecule has 1 aromatic rings. The minimum absolute atomic E-state index is 0.0625. The Morgan fingerprint density at radius 1 is 1.39 bits per heavy atom. The van der Waals surface area contributed by atoms with Gasteiger partial charge in [-0.25, -0.2) is 4.98 Å². The van der Waals surface area contributed by atoms with Crippen molar-refractivity contribution in [1.82, 2.24) is 15.3 Å². The first-order valence-electron chi connectivity index (χ1n) is 5.83. The lowest BCUT2D eigenvalue weighted by molar-refractivity contribution is -0.120. The van der Waals surface area contributed by atoms with E-state index in [0.29, 0.717) is 11.8 Å². The largest absolute Gasteiger partial charge is 0.361 e. The predicted octanol–water partition coefficient (Wildman–Crippen LogP) is 0.869. The van der Waals surface area contributed by atoms with E-state index in [2.05, 4.69) is 20.6 Å². The van der Waals surface area contributed by atoms with Crippen LogP contribution in [-0.2, 0) is 4.79 Å². The van der Waals surface area contributed by atoms with Crippen LogP contribution in [0.1, 0.15) is 20.8 Å². The zero-order chi connectivity index (χ0) is 13.8. The van der Waals surface area contributed by atoms with Crippen molar-refractivity contribution in [2.75, 3.05) is 30.9 Å². The molecule has 0 radical (unpaired) electrons. The molecule has 6 heteroatoms. The van der Waals surface area contributed by atoms with E-state index >= 15 is 0 Å². The maximum atomic E-state index is 11.6. The summed E-state index contributed by atoms with van der Waals surface area (Å²) in [5.74, 6) is 1.18. The zero-order valence-corrected chi connectivity index (χ0v) is 11.6. The van der Waals surface area contributed by atoms with Gasteiger partial charge in [0.05, 0.1) is 6.54 Å². The average molecular weight is 251 g/mol. The molecule has 2 N–H and O–H groups in total. The first-order valence-corrected chi connectivity index (χ1v) is 5.83. The monoisotopic (exact) mass is 251 g/mol. The molecule has 0 unspecified atom stereocenters. The minimum atomic E-state index is -0.223. The van der Waals surface area contributed by atoms with Crippen molar-refractivity contribution in [1.29, 1.82) is 0 Å². The van der Waals surface area contributed by atoms with E-state index < -0.39 is 0 Å². The summed E-state index contributed by atoms with van der Waals surface area (Å²) in [7, 11) is 3.73. The standard InChI is InChI=1S/C12H21N5O/c1-12(2,3)16-10(18)8-14-9-6-7-13-11(15-9)17(4)5/h6-7H,8H2,1-5H3,(H,16,18)(H,13,14,15). The Morgan fingerprint density at radius 3 is 2.61 bits per heavy atom. The summed E-state index contributed by atoms with van der Waals surface area (Å²) in [6.07, 6.45) is 1.66. The molecule has 0 aromatic carbocycles. The molecule has 0 saturated carbocycles. The van der Waals surface area contributed by atoms with Gasteiger partial charge in [0, 0.05) is 25.8 Å². The molecule has 1 amide bonds. The molecule has 0 saturated heterocycles.